The predicted octanol–water partition coefficient (Wildman–Crippen LogP) is 1.26. The van der Waals surface area contributed by atoms with Crippen LogP contribution < -0.4 is 10.6 Å². The highest BCUT2D eigenvalue weighted by Gasteiger charge is 2.30. The van der Waals surface area contributed by atoms with Gasteiger partial charge in [0.15, 0.2) is 5.96 Å². The first-order valence-corrected chi connectivity index (χ1v) is 11.4. The number of hydrogen-bond donors (Lipinski definition) is 2. The van der Waals surface area contributed by atoms with E-state index in [1.807, 2.05) is 11.8 Å². The lowest BCUT2D eigenvalue weighted by molar-refractivity contribution is -0.135. The summed E-state index contributed by atoms with van der Waals surface area (Å²) in [5, 5.41) is 6.45. The van der Waals surface area contributed by atoms with Crippen LogP contribution in [0.4, 0.5) is 0 Å². The molecule has 3 aliphatic rings. The molecule has 2 amide bonds. The van der Waals surface area contributed by atoms with Crippen molar-refractivity contribution < 1.29 is 9.59 Å². The number of carbonyl (C=O) groups is 2. The predicted molar refractivity (Wildman–Crippen MR) is 130 cm³/mol. The van der Waals surface area contributed by atoms with Gasteiger partial charge in [-0.05, 0) is 32.6 Å². The lowest BCUT2D eigenvalue weighted by Gasteiger charge is -2.39. The minimum absolute atomic E-state index is 0. The Labute approximate surface area is 198 Å². The highest BCUT2D eigenvalue weighted by Crippen LogP contribution is 2.17. The van der Waals surface area contributed by atoms with Crippen LogP contribution in [-0.2, 0) is 9.59 Å². The first-order valence-electron chi connectivity index (χ1n) is 11.4. The van der Waals surface area contributed by atoms with E-state index in [2.05, 4.69) is 25.4 Å². The summed E-state index contributed by atoms with van der Waals surface area (Å²) in [5.74, 6) is 1.24. The van der Waals surface area contributed by atoms with Crippen LogP contribution in [0.3, 0.4) is 0 Å². The molecule has 8 nitrogen and oxygen atoms in total. The molecule has 1 unspecified atom stereocenters. The molecule has 0 spiro atoms. The molecule has 0 bridgehead atoms. The summed E-state index contributed by atoms with van der Waals surface area (Å²) in [6.45, 7) is 7.83. The molecule has 3 fully saturated rings. The zero-order valence-electron chi connectivity index (χ0n) is 18.6. The van der Waals surface area contributed by atoms with E-state index in [1.54, 1.807) is 7.05 Å². The van der Waals surface area contributed by atoms with Gasteiger partial charge >= 0.3 is 0 Å². The molecule has 1 atom stereocenters. The summed E-state index contributed by atoms with van der Waals surface area (Å²) in [6, 6.07) is 0.324. The quantitative estimate of drug-likeness (QED) is 0.305. The summed E-state index contributed by atoms with van der Waals surface area (Å²) < 4.78 is 0. The standard InChI is InChI=1S/C21H38N6O2.HI/c1-17(20(29)26-11-5-6-12-26)25-13-15-27(16-14-25)21(22-2)23-10-9-19(28)24-18-7-3-4-8-18;/h17-18H,3-16H2,1-2H3,(H,22,23)(H,24,28);1H. The molecule has 3 rings (SSSR count). The minimum Gasteiger partial charge on any atom is -0.356 e. The van der Waals surface area contributed by atoms with E-state index in [-0.39, 0.29) is 41.8 Å². The van der Waals surface area contributed by atoms with Crippen molar-refractivity contribution in [2.75, 3.05) is 52.9 Å². The molecule has 2 saturated heterocycles. The monoisotopic (exact) mass is 534 g/mol. The van der Waals surface area contributed by atoms with Gasteiger partial charge in [0.05, 0.1) is 6.04 Å². The fourth-order valence-electron chi connectivity index (χ4n) is 4.67. The molecular formula is C21H39IN6O2. The third-order valence-corrected chi connectivity index (χ3v) is 6.50. The second-order valence-electron chi connectivity index (χ2n) is 8.50. The zero-order chi connectivity index (χ0) is 20.6. The first-order chi connectivity index (χ1) is 14.1. The molecule has 2 heterocycles. The van der Waals surface area contributed by atoms with Gasteiger partial charge in [-0.2, -0.15) is 0 Å². The van der Waals surface area contributed by atoms with Gasteiger partial charge in [0.2, 0.25) is 11.8 Å². The number of nitrogens with zero attached hydrogens (tertiary/aromatic N) is 4. The second kappa shape index (κ2) is 12.7. The Bertz CT molecular complexity index is 582. The van der Waals surface area contributed by atoms with Crippen LogP contribution in [0, 0.1) is 0 Å². The topological polar surface area (TPSA) is 80.3 Å². The maximum Gasteiger partial charge on any atom is 0.239 e. The van der Waals surface area contributed by atoms with Gasteiger partial charge in [0, 0.05) is 65.3 Å². The van der Waals surface area contributed by atoms with Gasteiger partial charge < -0.3 is 20.4 Å². The Balaban J connectivity index is 0.00000320. The summed E-state index contributed by atoms with van der Waals surface area (Å²) in [6.07, 6.45) is 7.42. The molecule has 1 saturated carbocycles. The van der Waals surface area contributed by atoms with E-state index in [9.17, 15) is 9.59 Å². The Morgan fingerprint density at radius 3 is 2.20 bits per heavy atom. The number of piperazine rings is 1. The second-order valence-corrected chi connectivity index (χ2v) is 8.50. The molecule has 0 aromatic heterocycles. The highest BCUT2D eigenvalue weighted by atomic mass is 127. The van der Waals surface area contributed by atoms with E-state index < -0.39 is 0 Å². The maximum atomic E-state index is 12.6. The van der Waals surface area contributed by atoms with Gasteiger partial charge in [0.1, 0.15) is 0 Å². The van der Waals surface area contributed by atoms with Crippen molar-refractivity contribution in [3.63, 3.8) is 0 Å². The van der Waals surface area contributed by atoms with Gasteiger partial charge in [-0.3, -0.25) is 19.5 Å². The number of hydrogen-bond acceptors (Lipinski definition) is 4. The SMILES string of the molecule is CN=C(NCCC(=O)NC1CCCC1)N1CCN(C(C)C(=O)N2CCCC2)CC1.I. The number of aliphatic imine (C=N–C) groups is 1. The fourth-order valence-corrected chi connectivity index (χ4v) is 4.67. The van der Waals surface area contributed by atoms with Crippen LogP contribution in [0.15, 0.2) is 4.99 Å². The van der Waals surface area contributed by atoms with Gasteiger partial charge in [0.25, 0.3) is 0 Å². The summed E-state index contributed by atoms with van der Waals surface area (Å²) >= 11 is 0. The van der Waals surface area contributed by atoms with Crippen LogP contribution in [0.1, 0.15) is 51.9 Å². The molecule has 0 aromatic rings. The van der Waals surface area contributed by atoms with Crippen LogP contribution in [0.25, 0.3) is 0 Å². The Kier molecular flexibility index (Phi) is 10.6. The van der Waals surface area contributed by atoms with Crippen LogP contribution in [0.2, 0.25) is 0 Å². The number of guanidine groups is 1. The summed E-state index contributed by atoms with van der Waals surface area (Å²) in [4.78, 5) is 35.6. The lowest BCUT2D eigenvalue weighted by atomic mass is 10.2. The average molecular weight is 534 g/mol. The highest BCUT2D eigenvalue weighted by molar-refractivity contribution is 14.0. The van der Waals surface area contributed by atoms with E-state index >= 15 is 0 Å². The van der Waals surface area contributed by atoms with Gasteiger partial charge in [-0.1, -0.05) is 12.8 Å². The number of halogens is 1. The normalized spacial score (nSPS) is 22.0. The zero-order valence-corrected chi connectivity index (χ0v) is 20.9. The van der Waals surface area contributed by atoms with Crippen molar-refractivity contribution in [1.82, 2.24) is 25.3 Å². The number of rotatable bonds is 6. The summed E-state index contributed by atoms with van der Waals surface area (Å²) in [7, 11) is 1.78. The third kappa shape index (κ3) is 6.96. The number of nitrogens with one attached hydrogen (secondary N) is 2. The van der Waals surface area contributed by atoms with Crippen molar-refractivity contribution in [2.24, 2.45) is 4.99 Å². The maximum absolute atomic E-state index is 12.6. The van der Waals surface area contributed by atoms with Crippen molar-refractivity contribution in [2.45, 2.75) is 64.0 Å². The molecule has 30 heavy (non-hydrogen) atoms. The molecule has 0 aromatic carbocycles. The molecule has 172 valence electrons. The molecule has 2 aliphatic heterocycles. The van der Waals surface area contributed by atoms with E-state index in [0.717, 1.165) is 70.9 Å². The average Bonchev–Trinajstić information content (AvgIpc) is 3.44. The van der Waals surface area contributed by atoms with E-state index in [4.69, 9.17) is 0 Å². The largest absolute Gasteiger partial charge is 0.356 e. The Morgan fingerprint density at radius 2 is 1.60 bits per heavy atom. The number of amides is 2. The number of likely N-dealkylation sites (tertiary alicyclic amines) is 1. The third-order valence-electron chi connectivity index (χ3n) is 6.50. The van der Waals surface area contributed by atoms with Crippen molar-refractivity contribution in [3.05, 3.63) is 0 Å². The Morgan fingerprint density at radius 1 is 0.967 bits per heavy atom. The smallest absolute Gasteiger partial charge is 0.239 e. The fraction of sp³-hybridized carbons (Fsp3) is 0.857. The van der Waals surface area contributed by atoms with Crippen molar-refractivity contribution >= 4 is 41.8 Å². The molecule has 2 N–H and O–H groups in total. The van der Waals surface area contributed by atoms with Crippen LogP contribution in [0.5, 0.6) is 0 Å². The summed E-state index contributed by atoms with van der Waals surface area (Å²) in [5.41, 5.74) is 0. The minimum atomic E-state index is -0.0514. The molecule has 1 aliphatic carbocycles. The lowest BCUT2D eigenvalue weighted by Crippen LogP contribution is -2.57. The first kappa shape index (κ1) is 25.2. The molecule has 0 radical (unpaired) electrons. The van der Waals surface area contributed by atoms with Gasteiger partial charge in [-0.15, -0.1) is 24.0 Å². The van der Waals surface area contributed by atoms with Gasteiger partial charge in [-0.25, -0.2) is 0 Å². The van der Waals surface area contributed by atoms with Crippen LogP contribution >= 0.6 is 24.0 Å². The van der Waals surface area contributed by atoms with Crippen molar-refractivity contribution in [3.8, 4) is 0 Å². The van der Waals surface area contributed by atoms with Crippen LogP contribution in [-0.4, -0.2) is 97.4 Å². The Hall–Kier alpha value is -1.10. The van der Waals surface area contributed by atoms with E-state index in [0.29, 0.717) is 19.0 Å². The van der Waals surface area contributed by atoms with E-state index in [1.165, 1.54) is 12.8 Å². The molecular weight excluding hydrogens is 495 g/mol. The van der Waals surface area contributed by atoms with Crippen molar-refractivity contribution in [1.29, 1.82) is 0 Å². The molecule has 9 heteroatoms. The number of carbonyl (C=O) groups excluding carboxylic acids is 2.